The highest BCUT2D eigenvalue weighted by Gasteiger charge is 2.14. The van der Waals surface area contributed by atoms with Gasteiger partial charge in [-0.05, 0) is 37.1 Å². The molecule has 1 atom stereocenters. The van der Waals surface area contributed by atoms with E-state index in [2.05, 4.69) is 22.8 Å². The molecular formula is C20H24N2O2S. The van der Waals surface area contributed by atoms with E-state index < -0.39 is 0 Å². The van der Waals surface area contributed by atoms with Crippen molar-refractivity contribution >= 4 is 35.0 Å². The maximum absolute atomic E-state index is 12.4. The lowest BCUT2D eigenvalue weighted by Crippen LogP contribution is -2.22. The first-order valence-electron chi connectivity index (χ1n) is 8.44. The van der Waals surface area contributed by atoms with E-state index in [1.54, 1.807) is 17.8 Å². The van der Waals surface area contributed by atoms with Crippen LogP contribution in [0.15, 0.2) is 54.6 Å². The van der Waals surface area contributed by atoms with Gasteiger partial charge in [0.15, 0.2) is 0 Å². The molecule has 2 rings (SSSR count). The van der Waals surface area contributed by atoms with Crippen molar-refractivity contribution in [3.63, 3.8) is 0 Å². The summed E-state index contributed by atoms with van der Waals surface area (Å²) in [7, 11) is 0. The molecule has 2 aromatic carbocycles. The van der Waals surface area contributed by atoms with Crippen LogP contribution >= 0.6 is 11.8 Å². The Kier molecular flexibility index (Phi) is 7.54. The topological polar surface area (TPSA) is 58.2 Å². The Morgan fingerprint density at radius 2 is 1.68 bits per heavy atom. The highest BCUT2D eigenvalue weighted by Crippen LogP contribution is 2.20. The number of carbonyl (C=O) groups is 2. The number of amides is 2. The van der Waals surface area contributed by atoms with E-state index in [-0.39, 0.29) is 17.1 Å². The average Bonchev–Trinajstić information content (AvgIpc) is 2.61. The summed E-state index contributed by atoms with van der Waals surface area (Å²) in [5.41, 5.74) is 2.58. The first-order valence-corrected chi connectivity index (χ1v) is 9.49. The van der Waals surface area contributed by atoms with E-state index >= 15 is 0 Å². The predicted octanol–water partition coefficient (Wildman–Crippen LogP) is 4.69. The SMILES string of the molecule is CCCC(=O)Nc1cccc(NC(=O)C(C)SCc2ccccc2)c1. The number of hydrogen-bond acceptors (Lipinski definition) is 3. The third-order valence-electron chi connectivity index (χ3n) is 3.60. The Balaban J connectivity index is 1.87. The summed E-state index contributed by atoms with van der Waals surface area (Å²) in [6.07, 6.45) is 1.29. The van der Waals surface area contributed by atoms with Gasteiger partial charge in [-0.25, -0.2) is 0 Å². The Labute approximate surface area is 153 Å². The molecule has 5 heteroatoms. The summed E-state index contributed by atoms with van der Waals surface area (Å²) in [6, 6.07) is 17.3. The van der Waals surface area contributed by atoms with Gasteiger partial charge in [-0.3, -0.25) is 9.59 Å². The number of hydrogen-bond donors (Lipinski definition) is 2. The van der Waals surface area contributed by atoms with E-state index in [0.29, 0.717) is 17.8 Å². The predicted molar refractivity (Wildman–Crippen MR) is 106 cm³/mol. The highest BCUT2D eigenvalue weighted by atomic mass is 32.2. The van der Waals surface area contributed by atoms with Crippen molar-refractivity contribution in [1.82, 2.24) is 0 Å². The van der Waals surface area contributed by atoms with Gasteiger partial charge in [0, 0.05) is 23.5 Å². The molecular weight excluding hydrogens is 332 g/mol. The second-order valence-corrected chi connectivity index (χ2v) is 7.14. The fourth-order valence-corrected chi connectivity index (χ4v) is 3.09. The van der Waals surface area contributed by atoms with Crippen molar-refractivity contribution in [2.45, 2.75) is 37.7 Å². The molecule has 132 valence electrons. The molecule has 0 radical (unpaired) electrons. The van der Waals surface area contributed by atoms with Crippen LogP contribution in [-0.2, 0) is 15.3 Å². The van der Waals surface area contributed by atoms with Crippen LogP contribution in [0.2, 0.25) is 0 Å². The minimum atomic E-state index is -0.168. The van der Waals surface area contributed by atoms with E-state index in [4.69, 9.17) is 0 Å². The summed E-state index contributed by atoms with van der Waals surface area (Å²) in [5, 5.41) is 5.58. The zero-order valence-corrected chi connectivity index (χ0v) is 15.4. The number of rotatable bonds is 8. The van der Waals surface area contributed by atoms with Crippen LogP contribution < -0.4 is 10.6 Å². The first kappa shape index (κ1) is 19.1. The Morgan fingerprint density at radius 1 is 1.00 bits per heavy atom. The maximum atomic E-state index is 12.4. The van der Waals surface area contributed by atoms with Gasteiger partial charge in [-0.15, -0.1) is 11.8 Å². The number of anilines is 2. The lowest BCUT2D eigenvalue weighted by Gasteiger charge is -2.13. The normalized spacial score (nSPS) is 11.6. The Morgan fingerprint density at radius 3 is 2.36 bits per heavy atom. The van der Waals surface area contributed by atoms with Gasteiger partial charge < -0.3 is 10.6 Å². The molecule has 25 heavy (non-hydrogen) atoms. The number of benzene rings is 2. The van der Waals surface area contributed by atoms with Crippen molar-refractivity contribution in [1.29, 1.82) is 0 Å². The van der Waals surface area contributed by atoms with Crippen LogP contribution in [0.4, 0.5) is 11.4 Å². The van der Waals surface area contributed by atoms with Gasteiger partial charge in [0.05, 0.1) is 5.25 Å². The summed E-state index contributed by atoms with van der Waals surface area (Å²) in [5.74, 6) is 0.735. The summed E-state index contributed by atoms with van der Waals surface area (Å²) in [6.45, 7) is 3.86. The minimum absolute atomic E-state index is 0.0160. The van der Waals surface area contributed by atoms with Crippen LogP contribution in [0.3, 0.4) is 0 Å². The lowest BCUT2D eigenvalue weighted by molar-refractivity contribution is -0.116. The van der Waals surface area contributed by atoms with Crippen LogP contribution in [-0.4, -0.2) is 17.1 Å². The van der Waals surface area contributed by atoms with E-state index in [0.717, 1.165) is 12.2 Å². The summed E-state index contributed by atoms with van der Waals surface area (Å²) < 4.78 is 0. The molecule has 0 spiro atoms. The van der Waals surface area contributed by atoms with E-state index in [1.165, 1.54) is 5.56 Å². The van der Waals surface area contributed by atoms with Gasteiger partial charge in [-0.2, -0.15) is 0 Å². The number of nitrogens with one attached hydrogen (secondary N) is 2. The maximum Gasteiger partial charge on any atom is 0.237 e. The van der Waals surface area contributed by atoms with Gasteiger partial charge >= 0.3 is 0 Å². The molecule has 2 N–H and O–H groups in total. The van der Waals surface area contributed by atoms with Gasteiger partial charge in [-0.1, -0.05) is 43.3 Å². The number of carbonyl (C=O) groups excluding carboxylic acids is 2. The third-order valence-corrected chi connectivity index (χ3v) is 4.82. The van der Waals surface area contributed by atoms with Crippen molar-refractivity contribution in [2.75, 3.05) is 10.6 Å². The Hall–Kier alpha value is -2.27. The highest BCUT2D eigenvalue weighted by molar-refractivity contribution is 7.99. The third kappa shape index (κ3) is 6.63. The molecule has 2 amide bonds. The fourth-order valence-electron chi connectivity index (χ4n) is 2.24. The van der Waals surface area contributed by atoms with Crippen molar-refractivity contribution in [3.05, 3.63) is 60.2 Å². The van der Waals surface area contributed by atoms with Crippen LogP contribution in [0.25, 0.3) is 0 Å². The van der Waals surface area contributed by atoms with Crippen molar-refractivity contribution in [2.24, 2.45) is 0 Å². The zero-order valence-electron chi connectivity index (χ0n) is 14.6. The minimum Gasteiger partial charge on any atom is -0.326 e. The monoisotopic (exact) mass is 356 g/mol. The Bertz CT molecular complexity index is 704. The largest absolute Gasteiger partial charge is 0.326 e. The van der Waals surface area contributed by atoms with Crippen molar-refractivity contribution in [3.8, 4) is 0 Å². The lowest BCUT2D eigenvalue weighted by atomic mass is 10.2. The molecule has 0 fully saturated rings. The van der Waals surface area contributed by atoms with Crippen LogP contribution in [0.1, 0.15) is 32.3 Å². The molecule has 0 aliphatic carbocycles. The van der Waals surface area contributed by atoms with Crippen LogP contribution in [0.5, 0.6) is 0 Å². The standard InChI is InChI=1S/C20H24N2O2S/c1-3-8-19(23)21-17-11-7-12-18(13-17)22-20(24)15(2)25-14-16-9-5-4-6-10-16/h4-7,9-13,15H,3,8,14H2,1-2H3,(H,21,23)(H,22,24). The second kappa shape index (κ2) is 9.89. The first-order chi connectivity index (χ1) is 12.1. The molecule has 0 saturated heterocycles. The molecule has 0 bridgehead atoms. The van der Waals surface area contributed by atoms with E-state index in [9.17, 15) is 9.59 Å². The number of thioether (sulfide) groups is 1. The molecule has 0 aromatic heterocycles. The quantitative estimate of drug-likeness (QED) is 0.722. The smallest absolute Gasteiger partial charge is 0.237 e. The van der Waals surface area contributed by atoms with Gasteiger partial charge in [0.25, 0.3) is 0 Å². The molecule has 0 heterocycles. The average molecular weight is 356 g/mol. The van der Waals surface area contributed by atoms with Gasteiger partial charge in [0.1, 0.15) is 0 Å². The molecule has 4 nitrogen and oxygen atoms in total. The van der Waals surface area contributed by atoms with Gasteiger partial charge in [0.2, 0.25) is 11.8 Å². The summed E-state index contributed by atoms with van der Waals surface area (Å²) in [4.78, 5) is 24.0. The van der Waals surface area contributed by atoms with Crippen molar-refractivity contribution < 1.29 is 9.59 Å². The molecule has 0 saturated carbocycles. The molecule has 0 aliphatic rings. The molecule has 0 aliphatic heterocycles. The fraction of sp³-hybridized carbons (Fsp3) is 0.300. The summed E-state index contributed by atoms with van der Waals surface area (Å²) >= 11 is 1.60. The second-order valence-electron chi connectivity index (χ2n) is 5.81. The van der Waals surface area contributed by atoms with Crippen LogP contribution in [0, 0.1) is 0 Å². The molecule has 2 aromatic rings. The zero-order chi connectivity index (χ0) is 18.1. The molecule has 1 unspecified atom stereocenters. The van der Waals surface area contributed by atoms with E-state index in [1.807, 2.05) is 50.2 Å².